The Bertz CT molecular complexity index is 874. The SMILES string of the molecule is CC.Cc1cnc(NCc2ccccc2)n(Cc2ccc(F)cc2)c1=O. The van der Waals surface area contributed by atoms with Gasteiger partial charge in [-0.1, -0.05) is 56.3 Å². The maximum atomic E-state index is 13.1. The lowest BCUT2D eigenvalue weighted by Gasteiger charge is -2.14. The van der Waals surface area contributed by atoms with Gasteiger partial charge in [-0.25, -0.2) is 9.37 Å². The highest BCUT2D eigenvalue weighted by atomic mass is 19.1. The number of hydrogen-bond acceptors (Lipinski definition) is 3. The van der Waals surface area contributed by atoms with Gasteiger partial charge in [0.25, 0.3) is 5.56 Å². The monoisotopic (exact) mass is 353 g/mol. The Morgan fingerprint density at radius 3 is 2.31 bits per heavy atom. The fourth-order valence-corrected chi connectivity index (χ4v) is 2.43. The van der Waals surface area contributed by atoms with Crippen LogP contribution in [0.15, 0.2) is 65.6 Å². The molecule has 1 aromatic heterocycles. The van der Waals surface area contributed by atoms with Crippen LogP contribution in [0.2, 0.25) is 0 Å². The zero-order valence-corrected chi connectivity index (χ0v) is 15.4. The van der Waals surface area contributed by atoms with E-state index in [1.54, 1.807) is 29.8 Å². The van der Waals surface area contributed by atoms with E-state index >= 15 is 0 Å². The van der Waals surface area contributed by atoms with E-state index in [-0.39, 0.29) is 11.4 Å². The molecule has 0 aliphatic rings. The number of anilines is 1. The van der Waals surface area contributed by atoms with E-state index < -0.39 is 0 Å². The molecule has 1 heterocycles. The summed E-state index contributed by atoms with van der Waals surface area (Å²) in [7, 11) is 0. The van der Waals surface area contributed by atoms with Crippen molar-refractivity contribution < 1.29 is 4.39 Å². The van der Waals surface area contributed by atoms with E-state index in [0.717, 1.165) is 11.1 Å². The summed E-state index contributed by atoms with van der Waals surface area (Å²) in [5, 5.41) is 3.21. The van der Waals surface area contributed by atoms with E-state index in [1.165, 1.54) is 12.1 Å². The average Bonchev–Trinajstić information content (AvgIpc) is 2.69. The molecule has 0 saturated heterocycles. The lowest BCUT2D eigenvalue weighted by atomic mass is 10.2. The van der Waals surface area contributed by atoms with Gasteiger partial charge in [0.15, 0.2) is 0 Å². The topological polar surface area (TPSA) is 46.9 Å². The van der Waals surface area contributed by atoms with Crippen molar-refractivity contribution in [2.75, 3.05) is 5.32 Å². The van der Waals surface area contributed by atoms with Gasteiger partial charge in [0.1, 0.15) is 5.82 Å². The van der Waals surface area contributed by atoms with Crippen LogP contribution in [-0.4, -0.2) is 9.55 Å². The maximum absolute atomic E-state index is 13.1. The average molecular weight is 353 g/mol. The standard InChI is InChI=1S/C19H18FN3O.C2H6/c1-14-11-21-19(22-12-15-5-3-2-4-6-15)23(18(14)24)13-16-7-9-17(20)10-8-16;1-2/h2-11H,12-13H2,1H3,(H,21,22);1-2H3. The van der Waals surface area contributed by atoms with Crippen LogP contribution in [0, 0.1) is 12.7 Å². The van der Waals surface area contributed by atoms with Crippen molar-refractivity contribution in [3.8, 4) is 0 Å². The Balaban J connectivity index is 0.00000117. The van der Waals surface area contributed by atoms with Crippen molar-refractivity contribution in [1.29, 1.82) is 0 Å². The molecule has 0 fully saturated rings. The van der Waals surface area contributed by atoms with E-state index in [1.807, 2.05) is 44.2 Å². The summed E-state index contributed by atoms with van der Waals surface area (Å²) < 4.78 is 14.6. The van der Waals surface area contributed by atoms with Crippen LogP contribution in [0.4, 0.5) is 10.3 Å². The number of rotatable bonds is 5. The maximum Gasteiger partial charge on any atom is 0.258 e. The Hall–Kier alpha value is -2.95. The summed E-state index contributed by atoms with van der Waals surface area (Å²) in [6.45, 7) is 6.64. The molecule has 0 radical (unpaired) electrons. The molecule has 0 saturated carbocycles. The molecule has 136 valence electrons. The largest absolute Gasteiger partial charge is 0.351 e. The van der Waals surface area contributed by atoms with Crippen molar-refractivity contribution in [3.63, 3.8) is 0 Å². The van der Waals surface area contributed by atoms with Gasteiger partial charge in [-0.05, 0) is 30.2 Å². The molecule has 4 nitrogen and oxygen atoms in total. The number of nitrogens with one attached hydrogen (secondary N) is 1. The van der Waals surface area contributed by atoms with E-state index in [2.05, 4.69) is 10.3 Å². The van der Waals surface area contributed by atoms with E-state index in [4.69, 9.17) is 0 Å². The van der Waals surface area contributed by atoms with Gasteiger partial charge in [0.05, 0.1) is 6.54 Å². The quantitative estimate of drug-likeness (QED) is 0.740. The molecular weight excluding hydrogens is 329 g/mol. The Kier molecular flexibility index (Phi) is 7.09. The van der Waals surface area contributed by atoms with Crippen LogP contribution in [0.5, 0.6) is 0 Å². The molecule has 0 bridgehead atoms. The summed E-state index contributed by atoms with van der Waals surface area (Å²) in [6, 6.07) is 16.0. The van der Waals surface area contributed by atoms with Gasteiger partial charge >= 0.3 is 0 Å². The highest BCUT2D eigenvalue weighted by Crippen LogP contribution is 2.10. The molecule has 3 aromatic rings. The first kappa shape index (κ1) is 19.4. The third-order valence-corrected chi connectivity index (χ3v) is 3.77. The van der Waals surface area contributed by atoms with Crippen molar-refractivity contribution in [3.05, 3.63) is 93.7 Å². The first-order valence-electron chi connectivity index (χ1n) is 8.72. The van der Waals surface area contributed by atoms with Crippen molar-refractivity contribution in [1.82, 2.24) is 9.55 Å². The fraction of sp³-hybridized carbons (Fsp3) is 0.238. The number of nitrogens with zero attached hydrogens (tertiary/aromatic N) is 2. The minimum Gasteiger partial charge on any atom is -0.351 e. The van der Waals surface area contributed by atoms with Crippen LogP contribution in [0.1, 0.15) is 30.5 Å². The Morgan fingerprint density at radius 1 is 1.00 bits per heavy atom. The first-order valence-corrected chi connectivity index (χ1v) is 8.72. The predicted octanol–water partition coefficient (Wildman–Crippen LogP) is 4.38. The second kappa shape index (κ2) is 9.51. The number of benzene rings is 2. The minimum atomic E-state index is -0.295. The van der Waals surface area contributed by atoms with Gasteiger partial charge in [0, 0.05) is 18.3 Å². The third-order valence-electron chi connectivity index (χ3n) is 3.77. The van der Waals surface area contributed by atoms with Gasteiger partial charge in [-0.2, -0.15) is 0 Å². The third kappa shape index (κ3) is 5.02. The summed E-state index contributed by atoms with van der Waals surface area (Å²) in [5.41, 5.74) is 2.40. The highest BCUT2D eigenvalue weighted by Gasteiger charge is 2.09. The summed E-state index contributed by atoms with van der Waals surface area (Å²) >= 11 is 0. The molecule has 0 atom stereocenters. The van der Waals surface area contributed by atoms with Crippen LogP contribution in [0.3, 0.4) is 0 Å². The van der Waals surface area contributed by atoms with Gasteiger partial charge in [-0.15, -0.1) is 0 Å². The highest BCUT2D eigenvalue weighted by molar-refractivity contribution is 5.31. The molecule has 2 aromatic carbocycles. The molecule has 5 heteroatoms. The second-order valence-corrected chi connectivity index (χ2v) is 5.62. The molecule has 0 unspecified atom stereocenters. The molecule has 0 spiro atoms. The van der Waals surface area contributed by atoms with Crippen molar-refractivity contribution in [2.45, 2.75) is 33.9 Å². The number of aryl methyl sites for hydroxylation is 1. The summed E-state index contributed by atoms with van der Waals surface area (Å²) in [5.74, 6) is 0.203. The molecular formula is C21H24FN3O. The molecule has 26 heavy (non-hydrogen) atoms. The van der Waals surface area contributed by atoms with Crippen LogP contribution in [-0.2, 0) is 13.1 Å². The Morgan fingerprint density at radius 2 is 1.65 bits per heavy atom. The molecule has 1 N–H and O–H groups in total. The normalized spacial score (nSPS) is 10.0. The molecule has 0 amide bonds. The second-order valence-electron chi connectivity index (χ2n) is 5.62. The fourth-order valence-electron chi connectivity index (χ4n) is 2.43. The lowest BCUT2D eigenvalue weighted by Crippen LogP contribution is -2.27. The summed E-state index contributed by atoms with van der Waals surface area (Å²) in [6.07, 6.45) is 1.57. The molecule has 3 rings (SSSR count). The van der Waals surface area contributed by atoms with Crippen LogP contribution in [0.25, 0.3) is 0 Å². The predicted molar refractivity (Wildman–Crippen MR) is 104 cm³/mol. The van der Waals surface area contributed by atoms with Gasteiger partial charge in [-0.3, -0.25) is 9.36 Å². The first-order chi connectivity index (χ1) is 12.6. The zero-order chi connectivity index (χ0) is 18.9. The lowest BCUT2D eigenvalue weighted by molar-refractivity contribution is 0.626. The van der Waals surface area contributed by atoms with E-state index in [9.17, 15) is 9.18 Å². The number of hydrogen-bond donors (Lipinski definition) is 1. The summed E-state index contributed by atoms with van der Waals surface area (Å²) in [4.78, 5) is 16.8. The zero-order valence-electron chi connectivity index (χ0n) is 15.4. The van der Waals surface area contributed by atoms with Crippen LogP contribution < -0.4 is 10.9 Å². The smallest absolute Gasteiger partial charge is 0.258 e. The minimum absolute atomic E-state index is 0.107. The van der Waals surface area contributed by atoms with Crippen molar-refractivity contribution >= 4 is 5.95 Å². The molecule has 0 aliphatic carbocycles. The Labute approximate surface area is 153 Å². The van der Waals surface area contributed by atoms with Crippen LogP contribution >= 0.6 is 0 Å². The van der Waals surface area contributed by atoms with Gasteiger partial charge in [0.2, 0.25) is 5.95 Å². The number of halogens is 1. The van der Waals surface area contributed by atoms with Gasteiger partial charge < -0.3 is 5.32 Å². The van der Waals surface area contributed by atoms with Crippen molar-refractivity contribution in [2.24, 2.45) is 0 Å². The number of aromatic nitrogens is 2. The van der Waals surface area contributed by atoms with E-state index in [0.29, 0.717) is 24.6 Å². The molecule has 0 aliphatic heterocycles.